The minimum atomic E-state index is 0.344. The smallest absolute Gasteiger partial charge is 0.0570 e. The van der Waals surface area contributed by atoms with Crippen LogP contribution in [-0.2, 0) is 0 Å². The van der Waals surface area contributed by atoms with E-state index in [0.717, 1.165) is 5.69 Å². The lowest BCUT2D eigenvalue weighted by atomic mass is 10.1. The molecule has 0 bridgehead atoms. The van der Waals surface area contributed by atoms with Crippen molar-refractivity contribution in [1.29, 1.82) is 0 Å². The normalized spacial score (nSPS) is 14.4. The van der Waals surface area contributed by atoms with Gasteiger partial charge in [0.2, 0.25) is 0 Å². The van der Waals surface area contributed by atoms with Gasteiger partial charge in [0.15, 0.2) is 0 Å². The topological polar surface area (TPSA) is 24.9 Å². The summed E-state index contributed by atoms with van der Waals surface area (Å²) in [5.41, 5.74) is 1.13. The van der Waals surface area contributed by atoms with Crippen molar-refractivity contribution < 1.29 is 0 Å². The van der Waals surface area contributed by atoms with Gasteiger partial charge in [-0.1, -0.05) is 45.1 Å². The molecule has 0 fully saturated rings. The summed E-state index contributed by atoms with van der Waals surface area (Å²) >= 11 is 0. The molecule has 1 rings (SSSR count). The van der Waals surface area contributed by atoms with E-state index < -0.39 is 0 Å². The molecule has 1 heterocycles. The van der Waals surface area contributed by atoms with Crippen molar-refractivity contribution in [2.24, 2.45) is 0 Å². The number of hydrogen-bond acceptors (Lipinski definition) is 2. The van der Waals surface area contributed by atoms with E-state index in [0.29, 0.717) is 12.1 Å². The molecule has 1 aromatic heterocycles. The first-order valence-corrected chi connectivity index (χ1v) is 7.41. The number of rotatable bonds is 9. The molecule has 2 heteroatoms. The molecular weight excluding hydrogens is 220 g/mol. The molecule has 2 atom stereocenters. The number of aromatic nitrogens is 1. The number of nitrogens with zero attached hydrogens (tertiary/aromatic N) is 1. The summed E-state index contributed by atoms with van der Waals surface area (Å²) in [5.74, 6) is 0. The van der Waals surface area contributed by atoms with E-state index in [1.165, 1.54) is 38.5 Å². The molecule has 0 aliphatic heterocycles. The molecule has 0 saturated carbocycles. The maximum atomic E-state index is 4.39. The van der Waals surface area contributed by atoms with Crippen molar-refractivity contribution in [3.8, 4) is 0 Å². The Hall–Kier alpha value is -0.890. The standard InChI is InChI=1S/C16H28N2/c1-4-5-6-7-8-11-14(2)18-15(3)16-12-9-10-13-17-16/h9-10,12-15,18H,4-8,11H2,1-3H3. The third kappa shape index (κ3) is 6.15. The minimum absolute atomic E-state index is 0.344. The Bertz CT molecular complexity index is 297. The summed E-state index contributed by atoms with van der Waals surface area (Å²) in [5, 5.41) is 3.62. The Morgan fingerprint density at radius 1 is 1.11 bits per heavy atom. The highest BCUT2D eigenvalue weighted by Gasteiger charge is 2.09. The summed E-state index contributed by atoms with van der Waals surface area (Å²) in [6.45, 7) is 6.73. The Balaban J connectivity index is 2.17. The lowest BCUT2D eigenvalue weighted by molar-refractivity contribution is 0.432. The van der Waals surface area contributed by atoms with Crippen LogP contribution in [0.3, 0.4) is 0 Å². The molecular formula is C16H28N2. The third-order valence-electron chi connectivity index (χ3n) is 3.41. The van der Waals surface area contributed by atoms with Crippen LogP contribution in [0.1, 0.15) is 71.0 Å². The quantitative estimate of drug-likeness (QED) is 0.652. The number of nitrogens with one attached hydrogen (secondary N) is 1. The highest BCUT2D eigenvalue weighted by molar-refractivity contribution is 5.07. The van der Waals surface area contributed by atoms with E-state index in [4.69, 9.17) is 0 Å². The number of pyridine rings is 1. The van der Waals surface area contributed by atoms with Gasteiger partial charge in [-0.3, -0.25) is 4.98 Å². The first kappa shape index (κ1) is 15.2. The van der Waals surface area contributed by atoms with Crippen molar-refractivity contribution in [3.05, 3.63) is 30.1 Å². The zero-order valence-corrected chi connectivity index (χ0v) is 12.2. The van der Waals surface area contributed by atoms with Crippen LogP contribution in [0.2, 0.25) is 0 Å². The van der Waals surface area contributed by atoms with Crippen LogP contribution in [0.25, 0.3) is 0 Å². The van der Waals surface area contributed by atoms with Gasteiger partial charge in [0.25, 0.3) is 0 Å². The molecule has 0 aromatic carbocycles. The average molecular weight is 248 g/mol. The van der Waals surface area contributed by atoms with Crippen LogP contribution >= 0.6 is 0 Å². The molecule has 1 N–H and O–H groups in total. The van der Waals surface area contributed by atoms with Crippen LogP contribution < -0.4 is 5.32 Å². The van der Waals surface area contributed by atoms with Crippen molar-refractivity contribution >= 4 is 0 Å². The van der Waals surface area contributed by atoms with Gasteiger partial charge in [0, 0.05) is 18.3 Å². The highest BCUT2D eigenvalue weighted by atomic mass is 15.0. The van der Waals surface area contributed by atoms with Crippen LogP contribution in [0.5, 0.6) is 0 Å². The molecule has 0 aliphatic rings. The van der Waals surface area contributed by atoms with Crippen LogP contribution in [0.15, 0.2) is 24.4 Å². The second-order valence-electron chi connectivity index (χ2n) is 5.25. The second kappa shape index (κ2) is 9.09. The maximum absolute atomic E-state index is 4.39. The maximum Gasteiger partial charge on any atom is 0.0570 e. The molecule has 1 aromatic rings. The summed E-state index contributed by atoms with van der Waals surface area (Å²) in [7, 11) is 0. The second-order valence-corrected chi connectivity index (χ2v) is 5.25. The van der Waals surface area contributed by atoms with Gasteiger partial charge >= 0.3 is 0 Å². The van der Waals surface area contributed by atoms with E-state index in [1.807, 2.05) is 12.3 Å². The van der Waals surface area contributed by atoms with Gasteiger partial charge in [-0.25, -0.2) is 0 Å². The zero-order valence-electron chi connectivity index (χ0n) is 12.2. The summed E-state index contributed by atoms with van der Waals surface area (Å²) in [6, 6.07) is 7.02. The first-order valence-electron chi connectivity index (χ1n) is 7.41. The SMILES string of the molecule is CCCCCCCC(C)NC(C)c1ccccn1. The van der Waals surface area contributed by atoms with Crippen molar-refractivity contribution in [1.82, 2.24) is 10.3 Å². The van der Waals surface area contributed by atoms with Gasteiger partial charge < -0.3 is 5.32 Å². The fourth-order valence-electron chi connectivity index (χ4n) is 2.28. The van der Waals surface area contributed by atoms with Gasteiger partial charge in [0.05, 0.1) is 5.69 Å². The van der Waals surface area contributed by atoms with E-state index in [9.17, 15) is 0 Å². The van der Waals surface area contributed by atoms with Crippen LogP contribution in [0, 0.1) is 0 Å². The fraction of sp³-hybridized carbons (Fsp3) is 0.688. The van der Waals surface area contributed by atoms with Crippen molar-refractivity contribution in [3.63, 3.8) is 0 Å². The van der Waals surface area contributed by atoms with Gasteiger partial charge in [-0.05, 0) is 32.4 Å². The first-order chi connectivity index (χ1) is 8.74. The molecule has 0 spiro atoms. The molecule has 0 amide bonds. The summed E-state index contributed by atoms with van der Waals surface area (Å²) < 4.78 is 0. The number of unbranched alkanes of at least 4 members (excludes halogenated alkanes) is 4. The Labute approximate surface area is 112 Å². The van der Waals surface area contributed by atoms with Gasteiger partial charge in [0.1, 0.15) is 0 Å². The van der Waals surface area contributed by atoms with E-state index in [-0.39, 0.29) is 0 Å². The van der Waals surface area contributed by atoms with Crippen molar-refractivity contribution in [2.75, 3.05) is 0 Å². The predicted molar refractivity (Wildman–Crippen MR) is 78.6 cm³/mol. The summed E-state index contributed by atoms with van der Waals surface area (Å²) in [6.07, 6.45) is 9.93. The predicted octanol–water partition coefficient (Wildman–Crippen LogP) is 4.48. The Kier molecular flexibility index (Phi) is 7.66. The molecule has 0 radical (unpaired) electrons. The van der Waals surface area contributed by atoms with Crippen molar-refractivity contribution in [2.45, 2.75) is 71.4 Å². The zero-order chi connectivity index (χ0) is 13.2. The Morgan fingerprint density at radius 3 is 2.56 bits per heavy atom. The molecule has 2 unspecified atom stereocenters. The minimum Gasteiger partial charge on any atom is -0.306 e. The van der Waals surface area contributed by atoms with Gasteiger partial charge in [-0.15, -0.1) is 0 Å². The Morgan fingerprint density at radius 2 is 1.89 bits per heavy atom. The molecule has 102 valence electrons. The average Bonchev–Trinajstić information content (AvgIpc) is 2.39. The molecule has 0 aliphatic carbocycles. The molecule has 18 heavy (non-hydrogen) atoms. The van der Waals surface area contributed by atoms with E-state index in [1.54, 1.807) is 0 Å². The monoisotopic (exact) mass is 248 g/mol. The number of hydrogen-bond donors (Lipinski definition) is 1. The highest BCUT2D eigenvalue weighted by Crippen LogP contribution is 2.12. The summed E-state index contributed by atoms with van der Waals surface area (Å²) in [4.78, 5) is 4.39. The lowest BCUT2D eigenvalue weighted by Gasteiger charge is -2.19. The van der Waals surface area contributed by atoms with E-state index in [2.05, 4.69) is 43.2 Å². The van der Waals surface area contributed by atoms with Crippen LogP contribution in [-0.4, -0.2) is 11.0 Å². The largest absolute Gasteiger partial charge is 0.306 e. The van der Waals surface area contributed by atoms with Crippen LogP contribution in [0.4, 0.5) is 0 Å². The third-order valence-corrected chi connectivity index (χ3v) is 3.41. The lowest BCUT2D eigenvalue weighted by Crippen LogP contribution is -2.29. The fourth-order valence-corrected chi connectivity index (χ4v) is 2.28. The van der Waals surface area contributed by atoms with E-state index >= 15 is 0 Å². The molecule has 0 saturated heterocycles. The molecule has 2 nitrogen and oxygen atoms in total. The van der Waals surface area contributed by atoms with Gasteiger partial charge in [-0.2, -0.15) is 0 Å².